The standard InChI is InChI=1S/C59H111N6O19P/c1-7-9-11-13-15-17-19-21-23-25-27-29-31-33-47(69)59(48(70)40-67,53(73)44(62-36-37-81-85(79)80)32-30-28-26-24-22-20-18-16-14-12-10-8-2)84-58(6,61)57(78)64-45(54(60)74)34-35-49(71)65(42(4)55(75)76)38-41(3)82-52-50(63-43(5)68)56(77)83-46(39-66)51(52)72/h41-42,44-46,48,50-52,56,62,66-67,70,72,77,85H,7-40,61H2,1-6H3,(H2,60,74)(H,63,68)(H,64,78)(H,75,76)(H,79,80)/t41?,42?,44?,45-,46-,48+,50-,51-,52-,56+,58-,59+/m1/s1. The highest BCUT2D eigenvalue weighted by Gasteiger charge is 2.58. The Bertz CT molecular complexity index is 1960. The van der Waals surface area contributed by atoms with Crippen molar-refractivity contribution in [2.45, 2.75) is 300 Å². The van der Waals surface area contributed by atoms with Crippen molar-refractivity contribution in [2.75, 3.05) is 32.9 Å². The molecule has 1 saturated heterocycles. The normalized spacial score (nSPS) is 20.6. The number of ketones is 2. The van der Waals surface area contributed by atoms with E-state index in [1.54, 1.807) is 0 Å². The molecule has 1 rings (SSSR count). The lowest BCUT2D eigenvalue weighted by Crippen LogP contribution is -2.70. The number of carboxylic acids is 1. The number of nitrogens with two attached hydrogens (primary N) is 2. The van der Waals surface area contributed by atoms with Gasteiger partial charge in [0, 0.05) is 32.9 Å². The van der Waals surface area contributed by atoms with Crippen LogP contribution in [0.15, 0.2) is 0 Å². The number of carboxylic acid groups (broad SMARTS) is 1. The maximum absolute atomic E-state index is 15.2. The molecule has 0 bridgehead atoms. The van der Waals surface area contributed by atoms with Crippen LogP contribution in [-0.2, 0) is 56.9 Å². The van der Waals surface area contributed by atoms with Gasteiger partial charge in [-0.25, -0.2) is 4.79 Å². The molecule has 0 aromatic heterocycles. The number of rotatable bonds is 53. The zero-order valence-corrected chi connectivity index (χ0v) is 52.9. The second-order valence-corrected chi connectivity index (χ2v) is 23.9. The third-order valence-corrected chi connectivity index (χ3v) is 16.1. The maximum Gasteiger partial charge on any atom is 0.326 e. The number of primary amides is 1. The van der Waals surface area contributed by atoms with Crippen LogP contribution in [0.1, 0.15) is 228 Å². The molecule has 0 spiro atoms. The van der Waals surface area contributed by atoms with Crippen molar-refractivity contribution in [3.8, 4) is 0 Å². The number of nitrogens with zero attached hydrogens (tertiary/aromatic N) is 1. The Morgan fingerprint density at radius 1 is 0.741 bits per heavy atom. The van der Waals surface area contributed by atoms with E-state index >= 15 is 4.79 Å². The van der Waals surface area contributed by atoms with Crippen molar-refractivity contribution in [2.24, 2.45) is 11.5 Å². The predicted octanol–water partition coefficient (Wildman–Crippen LogP) is 4.24. The number of nitrogens with one attached hydrogen (secondary N) is 3. The van der Waals surface area contributed by atoms with Crippen LogP contribution in [-0.4, -0.2) is 187 Å². The zero-order chi connectivity index (χ0) is 64.0. The second-order valence-electron chi connectivity index (χ2n) is 23.1. The summed E-state index contributed by atoms with van der Waals surface area (Å²) in [5.74, 6) is -7.60. The van der Waals surface area contributed by atoms with Gasteiger partial charge in [0.1, 0.15) is 42.5 Å². The fourth-order valence-corrected chi connectivity index (χ4v) is 10.9. The minimum absolute atomic E-state index is 0.0654. The predicted molar refractivity (Wildman–Crippen MR) is 320 cm³/mol. The van der Waals surface area contributed by atoms with Crippen LogP contribution in [0.3, 0.4) is 0 Å². The number of unbranched alkanes of at least 4 members (excludes halogenated alkanes) is 23. The van der Waals surface area contributed by atoms with E-state index in [2.05, 4.69) is 29.8 Å². The minimum Gasteiger partial charge on any atom is -0.480 e. The van der Waals surface area contributed by atoms with Crippen LogP contribution in [0.2, 0.25) is 0 Å². The SMILES string of the molecule is CCCCCCCCCCCCCCCC(=O)[C@@](O[C@@](C)(N)C(=O)N[C@H](CCC(=O)N(CC(C)O[C@H]1[C@H](O)[C@@H](CO)O[C@H](O)[C@@H]1NC(C)=O)C(C)C(=O)O)C(N)=O)(C(=O)C(CCCCCCCCCCCCCC)NCCO[PH](=O)O)[C@@H](O)CO. The van der Waals surface area contributed by atoms with Crippen LogP contribution in [0, 0.1) is 0 Å². The maximum atomic E-state index is 15.2. The summed E-state index contributed by atoms with van der Waals surface area (Å²) in [5, 5.41) is 71.4. The quantitative estimate of drug-likeness (QED) is 0.0175. The lowest BCUT2D eigenvalue weighted by Gasteiger charge is -2.43. The van der Waals surface area contributed by atoms with E-state index in [1.165, 1.54) is 84.5 Å². The summed E-state index contributed by atoms with van der Waals surface area (Å²) >= 11 is 0. The fourth-order valence-electron chi connectivity index (χ4n) is 10.6. The third-order valence-electron chi connectivity index (χ3n) is 15.7. The van der Waals surface area contributed by atoms with Gasteiger partial charge in [0.05, 0.1) is 32.0 Å². The Morgan fingerprint density at radius 3 is 1.68 bits per heavy atom. The summed E-state index contributed by atoms with van der Waals surface area (Å²) in [6.45, 7) is 6.11. The first-order valence-electron chi connectivity index (χ1n) is 31.5. The van der Waals surface area contributed by atoms with Crippen molar-refractivity contribution in [1.82, 2.24) is 20.9 Å². The molecule has 496 valence electrons. The number of ether oxygens (including phenoxy) is 3. The van der Waals surface area contributed by atoms with Crippen molar-refractivity contribution in [3.63, 3.8) is 0 Å². The summed E-state index contributed by atoms with van der Waals surface area (Å²) in [4.78, 5) is 106. The van der Waals surface area contributed by atoms with Gasteiger partial charge in [-0.2, -0.15) is 0 Å². The number of hydrogen-bond donors (Lipinski definition) is 12. The molecule has 4 amide bonds. The molecule has 85 heavy (non-hydrogen) atoms. The van der Waals surface area contributed by atoms with Crippen LogP contribution in [0.4, 0.5) is 0 Å². The van der Waals surface area contributed by atoms with Crippen molar-refractivity contribution in [3.05, 3.63) is 0 Å². The van der Waals surface area contributed by atoms with Gasteiger partial charge in [-0.15, -0.1) is 0 Å². The van der Waals surface area contributed by atoms with Gasteiger partial charge in [0.25, 0.3) is 5.91 Å². The number of carbonyl (C=O) groups is 7. The first-order chi connectivity index (χ1) is 40.4. The van der Waals surface area contributed by atoms with Gasteiger partial charge in [0.2, 0.25) is 23.3 Å². The van der Waals surface area contributed by atoms with Crippen LogP contribution < -0.4 is 27.4 Å². The Hall–Kier alpha value is -3.56. The molecule has 14 N–H and O–H groups in total. The molecule has 0 aliphatic carbocycles. The van der Waals surface area contributed by atoms with Gasteiger partial charge < -0.3 is 80.9 Å². The number of aliphatic hydroxyl groups excluding tert-OH is 5. The molecule has 25 nitrogen and oxygen atoms in total. The number of amides is 4. The Morgan fingerprint density at radius 2 is 1.24 bits per heavy atom. The molecule has 1 fully saturated rings. The van der Waals surface area contributed by atoms with Crippen LogP contribution in [0.25, 0.3) is 0 Å². The van der Waals surface area contributed by atoms with E-state index in [4.69, 9.17) is 30.2 Å². The monoisotopic (exact) mass is 1240 g/mol. The summed E-state index contributed by atoms with van der Waals surface area (Å²) in [6, 6.07) is -5.95. The molecule has 0 aromatic carbocycles. The molecule has 26 heteroatoms. The first kappa shape index (κ1) is 79.5. The molecule has 0 saturated carbocycles. The van der Waals surface area contributed by atoms with E-state index in [1.807, 2.05) is 0 Å². The molecular weight excluding hydrogens is 1130 g/mol. The number of aliphatic carboxylic acids is 1. The smallest absolute Gasteiger partial charge is 0.326 e. The van der Waals surface area contributed by atoms with E-state index in [0.717, 1.165) is 83.0 Å². The highest BCUT2D eigenvalue weighted by atomic mass is 31.1. The Labute approximate surface area is 505 Å². The topological polar surface area (TPSA) is 406 Å². The number of Topliss-reactive ketones (excluding diaryl/α,β-unsaturated/α-hetero) is 2. The number of hydrogen-bond acceptors (Lipinski definition) is 19. The molecule has 1 heterocycles. The third kappa shape index (κ3) is 30.5. The van der Waals surface area contributed by atoms with E-state index in [9.17, 15) is 68.9 Å². The lowest BCUT2D eigenvalue weighted by atomic mass is 9.79. The lowest BCUT2D eigenvalue weighted by molar-refractivity contribution is -0.268. The van der Waals surface area contributed by atoms with Gasteiger partial charge >= 0.3 is 14.2 Å². The molecule has 1 aliphatic heterocycles. The Balaban J connectivity index is 3.52. The summed E-state index contributed by atoms with van der Waals surface area (Å²) < 4.78 is 33.7. The molecule has 13 atom stereocenters. The zero-order valence-electron chi connectivity index (χ0n) is 51.9. The minimum atomic E-state index is -3.37. The van der Waals surface area contributed by atoms with Crippen molar-refractivity contribution < 1.29 is 92.4 Å². The summed E-state index contributed by atoms with van der Waals surface area (Å²) in [6.07, 6.45) is 14.1. The largest absolute Gasteiger partial charge is 0.480 e. The summed E-state index contributed by atoms with van der Waals surface area (Å²) in [5.41, 5.74) is 6.52. The van der Waals surface area contributed by atoms with E-state index in [0.29, 0.717) is 19.3 Å². The van der Waals surface area contributed by atoms with E-state index in [-0.39, 0.29) is 32.4 Å². The second kappa shape index (κ2) is 44.8. The van der Waals surface area contributed by atoms with Gasteiger partial charge in [0.15, 0.2) is 23.6 Å². The highest BCUT2D eigenvalue weighted by molar-refractivity contribution is 7.32. The number of carbonyl (C=O) groups excluding carboxylic acids is 6. The van der Waals surface area contributed by atoms with Gasteiger partial charge in [-0.3, -0.25) is 39.1 Å². The average molecular weight is 1240 g/mol. The average Bonchev–Trinajstić information content (AvgIpc) is 3.51. The van der Waals surface area contributed by atoms with Crippen molar-refractivity contribution in [1.29, 1.82) is 0 Å². The van der Waals surface area contributed by atoms with Gasteiger partial charge in [-0.1, -0.05) is 168 Å². The molecule has 1 aliphatic rings. The van der Waals surface area contributed by atoms with Crippen LogP contribution >= 0.6 is 8.25 Å². The van der Waals surface area contributed by atoms with Crippen molar-refractivity contribution >= 4 is 49.4 Å². The Kier molecular flexibility index (Phi) is 41.9. The molecule has 0 aromatic rings. The first-order valence-corrected chi connectivity index (χ1v) is 32.7. The van der Waals surface area contributed by atoms with E-state index < -0.39 is 154 Å². The number of aliphatic hydroxyl groups is 5. The summed E-state index contributed by atoms with van der Waals surface area (Å²) in [7, 11) is -3.37. The van der Waals surface area contributed by atoms with Gasteiger partial charge in [-0.05, 0) is 40.0 Å². The molecule has 4 unspecified atom stereocenters. The van der Waals surface area contributed by atoms with Crippen LogP contribution in [0.5, 0.6) is 0 Å². The fraction of sp³-hybridized carbons (Fsp3) is 0.881. The molecule has 0 radical (unpaired) electrons. The highest BCUT2D eigenvalue weighted by Crippen LogP contribution is 2.31. The molecular formula is C59H111N6O19P.